The van der Waals surface area contributed by atoms with Gasteiger partial charge in [0.2, 0.25) is 5.91 Å². The second-order valence-corrected chi connectivity index (χ2v) is 7.20. The van der Waals surface area contributed by atoms with Crippen LogP contribution in [0.25, 0.3) is 0 Å². The fourth-order valence-corrected chi connectivity index (χ4v) is 4.11. The minimum atomic E-state index is -0.0333. The van der Waals surface area contributed by atoms with Crippen LogP contribution in [0.3, 0.4) is 0 Å². The molecule has 0 atom stereocenters. The van der Waals surface area contributed by atoms with Crippen LogP contribution in [-0.4, -0.2) is 41.6 Å². The van der Waals surface area contributed by atoms with Gasteiger partial charge in [0.1, 0.15) is 5.88 Å². The Kier molecular flexibility index (Phi) is 5.27. The first-order valence-electron chi connectivity index (χ1n) is 8.50. The van der Waals surface area contributed by atoms with Gasteiger partial charge in [-0.2, -0.15) is 0 Å². The number of rotatable bonds is 6. The van der Waals surface area contributed by atoms with Gasteiger partial charge >= 0.3 is 0 Å². The molecule has 1 aliphatic carbocycles. The van der Waals surface area contributed by atoms with E-state index in [1.54, 1.807) is 0 Å². The summed E-state index contributed by atoms with van der Waals surface area (Å²) in [5, 5.41) is 3.99. The topological polar surface area (TPSA) is 55.6 Å². The van der Waals surface area contributed by atoms with Crippen molar-refractivity contribution in [2.75, 3.05) is 25.6 Å². The fourth-order valence-electron chi connectivity index (χ4n) is 3.94. The molecule has 1 aromatic heterocycles. The standard InChI is InChI=1S/C17H25ClN2O3/c1-2-14-7-15(23-19-14)12-20(16(21)10-18)11-13-8-17(9-13)3-5-22-6-4-17/h7,13H,2-6,8-12H2,1H3. The molecule has 1 spiro atoms. The number of amides is 1. The molecule has 1 aliphatic heterocycles. The number of nitrogens with zero attached hydrogens (tertiary/aromatic N) is 2. The maximum atomic E-state index is 12.1. The summed E-state index contributed by atoms with van der Waals surface area (Å²) in [6.07, 6.45) is 5.54. The summed E-state index contributed by atoms with van der Waals surface area (Å²) < 4.78 is 10.8. The van der Waals surface area contributed by atoms with Crippen LogP contribution in [0.2, 0.25) is 0 Å². The van der Waals surface area contributed by atoms with E-state index in [0.717, 1.165) is 50.5 Å². The maximum Gasteiger partial charge on any atom is 0.237 e. The smallest absolute Gasteiger partial charge is 0.237 e. The van der Waals surface area contributed by atoms with E-state index in [0.29, 0.717) is 17.9 Å². The molecule has 0 N–H and O–H groups in total. The number of aryl methyl sites for hydroxylation is 1. The lowest BCUT2D eigenvalue weighted by molar-refractivity contribution is -0.132. The van der Waals surface area contributed by atoms with E-state index in [2.05, 4.69) is 5.16 Å². The quantitative estimate of drug-likeness (QED) is 0.747. The first kappa shape index (κ1) is 16.8. The van der Waals surface area contributed by atoms with Crippen molar-refractivity contribution in [2.45, 2.75) is 45.6 Å². The van der Waals surface area contributed by atoms with E-state index in [1.165, 1.54) is 12.8 Å². The molecule has 0 radical (unpaired) electrons. The van der Waals surface area contributed by atoms with Crippen molar-refractivity contribution in [3.63, 3.8) is 0 Å². The van der Waals surface area contributed by atoms with Crippen molar-refractivity contribution in [2.24, 2.45) is 11.3 Å². The molecule has 5 nitrogen and oxygen atoms in total. The Morgan fingerprint density at radius 3 is 2.78 bits per heavy atom. The highest BCUT2D eigenvalue weighted by Crippen LogP contribution is 2.52. The highest BCUT2D eigenvalue weighted by molar-refractivity contribution is 6.27. The second kappa shape index (κ2) is 7.22. The van der Waals surface area contributed by atoms with Gasteiger partial charge in [-0.3, -0.25) is 4.79 Å². The van der Waals surface area contributed by atoms with Gasteiger partial charge < -0.3 is 14.2 Å². The zero-order valence-electron chi connectivity index (χ0n) is 13.7. The largest absolute Gasteiger partial charge is 0.381 e. The summed E-state index contributed by atoms with van der Waals surface area (Å²) in [4.78, 5) is 14.0. The van der Waals surface area contributed by atoms with E-state index in [4.69, 9.17) is 20.9 Å². The number of carbonyl (C=O) groups is 1. The monoisotopic (exact) mass is 340 g/mol. The van der Waals surface area contributed by atoms with Crippen LogP contribution in [0.1, 0.15) is 44.1 Å². The van der Waals surface area contributed by atoms with Gasteiger partial charge in [0, 0.05) is 25.8 Å². The molecule has 0 bridgehead atoms. The highest BCUT2D eigenvalue weighted by atomic mass is 35.5. The van der Waals surface area contributed by atoms with E-state index in [-0.39, 0.29) is 11.8 Å². The number of ether oxygens (including phenoxy) is 1. The van der Waals surface area contributed by atoms with Crippen LogP contribution in [0.5, 0.6) is 0 Å². The van der Waals surface area contributed by atoms with Crippen molar-refractivity contribution in [1.29, 1.82) is 0 Å². The summed E-state index contributed by atoms with van der Waals surface area (Å²) in [5.74, 6) is 1.28. The average molecular weight is 341 g/mol. The van der Waals surface area contributed by atoms with Gasteiger partial charge in [0.15, 0.2) is 5.76 Å². The molecule has 3 rings (SSSR count). The average Bonchev–Trinajstić information content (AvgIpc) is 3.00. The molecule has 2 aliphatic rings. The van der Waals surface area contributed by atoms with Crippen LogP contribution >= 0.6 is 11.6 Å². The Morgan fingerprint density at radius 1 is 1.43 bits per heavy atom. The minimum absolute atomic E-state index is 0.0144. The summed E-state index contributed by atoms with van der Waals surface area (Å²) >= 11 is 5.78. The number of hydrogen-bond acceptors (Lipinski definition) is 4. The molecule has 128 valence electrons. The first-order valence-corrected chi connectivity index (χ1v) is 9.03. The number of hydrogen-bond donors (Lipinski definition) is 0. The van der Waals surface area contributed by atoms with Gasteiger partial charge in [0.25, 0.3) is 0 Å². The number of aromatic nitrogens is 1. The van der Waals surface area contributed by atoms with Gasteiger partial charge in [-0.25, -0.2) is 0 Å². The van der Waals surface area contributed by atoms with Crippen LogP contribution in [-0.2, 0) is 22.5 Å². The van der Waals surface area contributed by atoms with E-state index in [9.17, 15) is 4.79 Å². The number of halogens is 1. The van der Waals surface area contributed by atoms with Crippen molar-refractivity contribution in [3.05, 3.63) is 17.5 Å². The summed E-state index contributed by atoms with van der Waals surface area (Å²) in [7, 11) is 0. The van der Waals surface area contributed by atoms with Gasteiger partial charge in [-0.05, 0) is 43.4 Å². The Bertz CT molecular complexity index is 532. The molecular formula is C17H25ClN2O3. The molecule has 1 aromatic rings. The van der Waals surface area contributed by atoms with Crippen molar-refractivity contribution in [3.8, 4) is 0 Å². The van der Waals surface area contributed by atoms with Gasteiger partial charge in [0.05, 0.1) is 12.2 Å². The van der Waals surface area contributed by atoms with Gasteiger partial charge in [-0.15, -0.1) is 11.6 Å². The van der Waals surface area contributed by atoms with E-state index < -0.39 is 0 Å². The van der Waals surface area contributed by atoms with Crippen molar-refractivity contribution in [1.82, 2.24) is 10.1 Å². The molecule has 1 saturated carbocycles. The zero-order valence-corrected chi connectivity index (χ0v) is 14.5. The number of alkyl halides is 1. The van der Waals surface area contributed by atoms with Crippen LogP contribution in [0.4, 0.5) is 0 Å². The predicted molar refractivity (Wildman–Crippen MR) is 87.2 cm³/mol. The third kappa shape index (κ3) is 3.89. The minimum Gasteiger partial charge on any atom is -0.381 e. The lowest BCUT2D eigenvalue weighted by Crippen LogP contribution is -2.47. The lowest BCUT2D eigenvalue weighted by Gasteiger charge is -2.51. The van der Waals surface area contributed by atoms with Gasteiger partial charge in [-0.1, -0.05) is 12.1 Å². The molecule has 23 heavy (non-hydrogen) atoms. The summed E-state index contributed by atoms with van der Waals surface area (Å²) in [6, 6.07) is 1.93. The molecule has 1 saturated heterocycles. The van der Waals surface area contributed by atoms with Crippen LogP contribution in [0.15, 0.2) is 10.6 Å². The molecule has 1 amide bonds. The Hall–Kier alpha value is -1.07. The molecular weight excluding hydrogens is 316 g/mol. The molecule has 0 unspecified atom stereocenters. The van der Waals surface area contributed by atoms with Crippen LogP contribution < -0.4 is 0 Å². The predicted octanol–water partition coefficient (Wildman–Crippen LogP) is 3.01. The van der Waals surface area contributed by atoms with E-state index in [1.807, 2.05) is 17.9 Å². The normalized spacial score (nSPS) is 20.4. The second-order valence-electron chi connectivity index (χ2n) is 6.93. The van der Waals surface area contributed by atoms with Crippen molar-refractivity contribution < 1.29 is 14.1 Å². The highest BCUT2D eigenvalue weighted by Gasteiger charge is 2.45. The molecule has 0 aromatic carbocycles. The van der Waals surface area contributed by atoms with E-state index >= 15 is 0 Å². The summed E-state index contributed by atoms with van der Waals surface area (Å²) in [5.41, 5.74) is 1.39. The Labute approximate surface area is 142 Å². The lowest BCUT2D eigenvalue weighted by atomic mass is 9.58. The SMILES string of the molecule is CCc1cc(CN(CC2CC3(CCOCC3)C2)C(=O)CCl)on1. The first-order chi connectivity index (χ1) is 11.1. The molecule has 2 fully saturated rings. The third-order valence-electron chi connectivity index (χ3n) is 5.26. The third-order valence-corrected chi connectivity index (χ3v) is 5.49. The van der Waals surface area contributed by atoms with Crippen LogP contribution in [0, 0.1) is 11.3 Å². The Balaban J connectivity index is 1.56. The Morgan fingerprint density at radius 2 is 2.17 bits per heavy atom. The molecule has 6 heteroatoms. The maximum absolute atomic E-state index is 12.1. The zero-order chi connectivity index (χ0) is 16.3. The summed E-state index contributed by atoms with van der Waals surface area (Å²) in [6.45, 7) is 5.02. The molecule has 2 heterocycles. The van der Waals surface area contributed by atoms with Crippen molar-refractivity contribution >= 4 is 17.5 Å². The number of carbonyl (C=O) groups excluding carboxylic acids is 1. The fraction of sp³-hybridized carbons (Fsp3) is 0.765.